The molecular formula is C15H16O2S. The Morgan fingerprint density at radius 1 is 1.06 bits per heavy atom. The highest BCUT2D eigenvalue weighted by Crippen LogP contribution is 2.34. The summed E-state index contributed by atoms with van der Waals surface area (Å²) >= 11 is 1.62. The van der Waals surface area contributed by atoms with E-state index in [-0.39, 0.29) is 5.75 Å². The summed E-state index contributed by atoms with van der Waals surface area (Å²) in [7, 11) is 1.55. The van der Waals surface area contributed by atoms with Crippen molar-refractivity contribution in [3.8, 4) is 11.5 Å². The lowest BCUT2D eigenvalue weighted by Gasteiger charge is -2.06. The van der Waals surface area contributed by atoms with E-state index >= 15 is 0 Å². The van der Waals surface area contributed by atoms with Crippen LogP contribution < -0.4 is 4.74 Å². The number of hydrogen-bond acceptors (Lipinski definition) is 3. The molecule has 3 heteroatoms. The zero-order valence-corrected chi connectivity index (χ0v) is 11.3. The molecule has 0 heterocycles. The molecule has 0 atom stereocenters. The molecule has 0 aliphatic heterocycles. The molecule has 2 aromatic rings. The lowest BCUT2D eigenvalue weighted by Crippen LogP contribution is -1.83. The molecule has 94 valence electrons. The first-order chi connectivity index (χ1) is 8.72. The number of phenolic OH excluding ortho intramolecular Hbond substituents is 1. The van der Waals surface area contributed by atoms with Crippen LogP contribution in [0.5, 0.6) is 11.5 Å². The summed E-state index contributed by atoms with van der Waals surface area (Å²) < 4.78 is 5.02. The average molecular weight is 260 g/mol. The van der Waals surface area contributed by atoms with Crippen molar-refractivity contribution in [3.05, 3.63) is 48.0 Å². The van der Waals surface area contributed by atoms with E-state index in [9.17, 15) is 5.11 Å². The molecule has 0 aliphatic rings. The second-order valence-electron chi connectivity index (χ2n) is 3.93. The topological polar surface area (TPSA) is 29.5 Å². The van der Waals surface area contributed by atoms with Crippen LogP contribution in [0.15, 0.2) is 52.3 Å². The number of benzene rings is 2. The van der Waals surface area contributed by atoms with Gasteiger partial charge in [-0.3, -0.25) is 0 Å². The third-order valence-electron chi connectivity index (χ3n) is 2.72. The molecule has 0 radical (unpaired) electrons. The van der Waals surface area contributed by atoms with E-state index in [1.807, 2.05) is 6.07 Å². The minimum absolute atomic E-state index is 0.174. The molecule has 0 spiro atoms. The first-order valence-electron chi connectivity index (χ1n) is 5.86. The van der Waals surface area contributed by atoms with E-state index in [1.54, 1.807) is 31.0 Å². The Kier molecular flexibility index (Phi) is 4.15. The second kappa shape index (κ2) is 5.83. The first kappa shape index (κ1) is 12.8. The lowest BCUT2D eigenvalue weighted by atomic mass is 10.2. The van der Waals surface area contributed by atoms with Crippen molar-refractivity contribution in [2.45, 2.75) is 23.1 Å². The van der Waals surface area contributed by atoms with Gasteiger partial charge in [0.15, 0.2) is 11.5 Å². The summed E-state index contributed by atoms with van der Waals surface area (Å²) in [5.74, 6) is 0.674. The van der Waals surface area contributed by atoms with Crippen LogP contribution in [0.2, 0.25) is 0 Å². The molecule has 18 heavy (non-hydrogen) atoms. The summed E-state index contributed by atoms with van der Waals surface area (Å²) in [6.45, 7) is 2.14. The van der Waals surface area contributed by atoms with Gasteiger partial charge in [0.1, 0.15) is 0 Å². The van der Waals surface area contributed by atoms with Gasteiger partial charge in [-0.25, -0.2) is 0 Å². The highest BCUT2D eigenvalue weighted by atomic mass is 32.2. The van der Waals surface area contributed by atoms with Crippen LogP contribution in [0.1, 0.15) is 12.5 Å². The van der Waals surface area contributed by atoms with Crippen LogP contribution in [-0.4, -0.2) is 12.2 Å². The third-order valence-corrected chi connectivity index (χ3v) is 3.72. The van der Waals surface area contributed by atoms with E-state index < -0.39 is 0 Å². The summed E-state index contributed by atoms with van der Waals surface area (Å²) in [4.78, 5) is 2.16. The van der Waals surface area contributed by atoms with E-state index in [4.69, 9.17) is 4.74 Å². The smallest absolute Gasteiger partial charge is 0.160 e. The van der Waals surface area contributed by atoms with Gasteiger partial charge in [-0.15, -0.1) is 0 Å². The number of hydrogen-bond donors (Lipinski definition) is 1. The van der Waals surface area contributed by atoms with Gasteiger partial charge in [-0.05, 0) is 42.3 Å². The Hall–Kier alpha value is -1.61. The maximum Gasteiger partial charge on any atom is 0.160 e. The van der Waals surface area contributed by atoms with E-state index in [1.165, 1.54) is 5.56 Å². The Morgan fingerprint density at radius 3 is 2.28 bits per heavy atom. The van der Waals surface area contributed by atoms with Crippen LogP contribution in [0.4, 0.5) is 0 Å². The van der Waals surface area contributed by atoms with Crippen LogP contribution >= 0.6 is 11.8 Å². The second-order valence-corrected chi connectivity index (χ2v) is 5.08. The molecule has 0 aliphatic carbocycles. The summed E-state index contributed by atoms with van der Waals surface area (Å²) in [6.07, 6.45) is 1.05. The molecule has 0 bridgehead atoms. The highest BCUT2D eigenvalue weighted by Gasteiger charge is 2.04. The fourth-order valence-electron chi connectivity index (χ4n) is 1.66. The van der Waals surface area contributed by atoms with Crippen molar-refractivity contribution in [3.63, 3.8) is 0 Å². The standard InChI is InChI=1S/C15H16O2S/c1-3-11-4-6-12(7-5-11)18-13-8-9-15(17-2)14(16)10-13/h4-10,16H,3H2,1-2H3. The molecule has 0 saturated carbocycles. The van der Waals surface area contributed by atoms with Crippen LogP contribution in [-0.2, 0) is 6.42 Å². The van der Waals surface area contributed by atoms with Gasteiger partial charge in [-0.1, -0.05) is 30.8 Å². The average Bonchev–Trinajstić information content (AvgIpc) is 2.40. The lowest BCUT2D eigenvalue weighted by molar-refractivity contribution is 0.372. The Bertz CT molecular complexity index is 521. The van der Waals surface area contributed by atoms with Crippen molar-refractivity contribution in [2.24, 2.45) is 0 Å². The largest absolute Gasteiger partial charge is 0.504 e. The Morgan fingerprint density at radius 2 is 1.72 bits per heavy atom. The minimum Gasteiger partial charge on any atom is -0.504 e. The number of aromatic hydroxyl groups is 1. The zero-order chi connectivity index (χ0) is 13.0. The van der Waals surface area contributed by atoms with Gasteiger partial charge >= 0.3 is 0 Å². The SMILES string of the molecule is CCc1ccc(Sc2ccc(OC)c(O)c2)cc1. The number of ether oxygens (including phenoxy) is 1. The predicted molar refractivity (Wildman–Crippen MR) is 74.6 cm³/mol. The molecule has 0 aromatic heterocycles. The molecule has 2 aromatic carbocycles. The monoisotopic (exact) mass is 260 g/mol. The van der Waals surface area contributed by atoms with E-state index in [0.29, 0.717) is 5.75 Å². The van der Waals surface area contributed by atoms with Gasteiger partial charge in [0, 0.05) is 9.79 Å². The highest BCUT2D eigenvalue weighted by molar-refractivity contribution is 7.99. The van der Waals surface area contributed by atoms with Crippen LogP contribution in [0.3, 0.4) is 0 Å². The summed E-state index contributed by atoms with van der Waals surface area (Å²) in [6, 6.07) is 13.9. The van der Waals surface area contributed by atoms with Crippen LogP contribution in [0, 0.1) is 0 Å². The fraction of sp³-hybridized carbons (Fsp3) is 0.200. The molecule has 0 unspecified atom stereocenters. The van der Waals surface area contributed by atoms with Crippen molar-refractivity contribution in [1.82, 2.24) is 0 Å². The molecule has 0 amide bonds. The summed E-state index contributed by atoms with van der Waals surface area (Å²) in [5.41, 5.74) is 1.33. The fourth-order valence-corrected chi connectivity index (χ4v) is 2.51. The van der Waals surface area contributed by atoms with Crippen molar-refractivity contribution in [2.75, 3.05) is 7.11 Å². The summed E-state index contributed by atoms with van der Waals surface area (Å²) in [5, 5.41) is 9.71. The quantitative estimate of drug-likeness (QED) is 0.897. The molecular weight excluding hydrogens is 244 g/mol. The number of phenols is 1. The van der Waals surface area contributed by atoms with Crippen molar-refractivity contribution >= 4 is 11.8 Å². The Labute approximate surface area is 112 Å². The van der Waals surface area contributed by atoms with E-state index in [0.717, 1.165) is 16.2 Å². The van der Waals surface area contributed by atoms with Gasteiger partial charge in [-0.2, -0.15) is 0 Å². The van der Waals surface area contributed by atoms with Crippen LogP contribution in [0.25, 0.3) is 0 Å². The third kappa shape index (κ3) is 2.99. The number of methoxy groups -OCH3 is 1. The zero-order valence-electron chi connectivity index (χ0n) is 10.5. The maximum atomic E-state index is 9.71. The first-order valence-corrected chi connectivity index (χ1v) is 6.68. The van der Waals surface area contributed by atoms with Gasteiger partial charge in [0.25, 0.3) is 0 Å². The number of aryl methyl sites for hydroxylation is 1. The molecule has 2 rings (SSSR count). The maximum absolute atomic E-state index is 9.71. The molecule has 2 nitrogen and oxygen atoms in total. The van der Waals surface area contributed by atoms with Gasteiger partial charge < -0.3 is 9.84 Å². The molecule has 1 N–H and O–H groups in total. The normalized spacial score (nSPS) is 10.3. The molecule has 0 fully saturated rings. The number of rotatable bonds is 4. The predicted octanol–water partition coefficient (Wildman–Crippen LogP) is 4.11. The van der Waals surface area contributed by atoms with Gasteiger partial charge in [0.05, 0.1) is 7.11 Å². The minimum atomic E-state index is 0.174. The van der Waals surface area contributed by atoms with E-state index in [2.05, 4.69) is 31.2 Å². The van der Waals surface area contributed by atoms with Crippen molar-refractivity contribution < 1.29 is 9.84 Å². The molecule has 0 saturated heterocycles. The Balaban J connectivity index is 2.15. The van der Waals surface area contributed by atoms with Crippen molar-refractivity contribution in [1.29, 1.82) is 0 Å². The van der Waals surface area contributed by atoms with Gasteiger partial charge in [0.2, 0.25) is 0 Å².